The number of ketones is 2. The summed E-state index contributed by atoms with van der Waals surface area (Å²) in [6, 6.07) is 0. The van der Waals surface area contributed by atoms with E-state index < -0.39 is 46.8 Å². The van der Waals surface area contributed by atoms with E-state index in [1.807, 2.05) is 140 Å². The van der Waals surface area contributed by atoms with Gasteiger partial charge in [0.25, 0.3) is 0 Å². The molecule has 0 fully saturated rings. The maximum absolute atomic E-state index is 12.3. The summed E-state index contributed by atoms with van der Waals surface area (Å²) in [5.41, 5.74) is 5.02. The predicted octanol–water partition coefficient (Wildman–Crippen LogP) is 6.85. The van der Waals surface area contributed by atoms with Gasteiger partial charge in [0.2, 0.25) is 0 Å². The Morgan fingerprint density at radius 3 is 1.13 bits per heavy atom. The largest absolute Gasteiger partial charge is 0.389 e. The summed E-state index contributed by atoms with van der Waals surface area (Å²) in [6.07, 6.45) is 22.3. The Balaban J connectivity index is 1.98. The molecule has 2 aliphatic rings. The van der Waals surface area contributed by atoms with Crippen molar-refractivity contribution in [2.24, 2.45) is 10.8 Å². The van der Waals surface area contributed by atoms with E-state index in [4.69, 9.17) is 0 Å². The summed E-state index contributed by atoms with van der Waals surface area (Å²) in [7, 11) is 0. The van der Waals surface area contributed by atoms with E-state index >= 15 is 0 Å². The number of allylic oxidation sites excluding steroid dienone is 18. The molecule has 0 aromatic carbocycles. The number of carbonyl (C=O) groups excluding carboxylic acids is 2. The van der Waals surface area contributed by atoms with Crippen molar-refractivity contribution in [1.82, 2.24) is 0 Å². The van der Waals surface area contributed by atoms with Crippen LogP contribution in [0.1, 0.15) is 69.2 Å². The Labute approximate surface area is 275 Å². The Morgan fingerprint density at radius 2 is 0.804 bits per heavy atom. The molecular weight excluding hydrogens is 576 g/mol. The number of hydrogen-bond acceptors (Lipinski definition) is 6. The smallest absolute Gasteiger partial charge is 0.189 e. The molecular formula is C40H52O6. The fourth-order valence-corrected chi connectivity index (χ4v) is 5.52. The van der Waals surface area contributed by atoms with Gasteiger partial charge in [-0.05, 0) is 63.8 Å². The van der Waals surface area contributed by atoms with Crippen molar-refractivity contribution in [3.63, 3.8) is 0 Å². The first-order chi connectivity index (χ1) is 21.3. The molecule has 6 nitrogen and oxygen atoms in total. The van der Waals surface area contributed by atoms with Gasteiger partial charge < -0.3 is 20.4 Å². The van der Waals surface area contributed by atoms with Gasteiger partial charge in [-0.1, -0.05) is 135 Å². The van der Waals surface area contributed by atoms with Crippen molar-refractivity contribution >= 4 is 11.6 Å². The van der Waals surface area contributed by atoms with E-state index in [0.29, 0.717) is 11.1 Å². The number of aliphatic hydroxyl groups excluding tert-OH is 4. The molecule has 4 atom stereocenters. The number of hydrogen-bond donors (Lipinski definition) is 4. The van der Waals surface area contributed by atoms with E-state index in [-0.39, 0.29) is 0 Å². The third-order valence-corrected chi connectivity index (χ3v) is 8.84. The molecule has 0 amide bonds. The highest BCUT2D eigenvalue weighted by Crippen LogP contribution is 2.41. The summed E-state index contributed by atoms with van der Waals surface area (Å²) < 4.78 is 0. The van der Waals surface area contributed by atoms with Crippen molar-refractivity contribution in [1.29, 1.82) is 0 Å². The van der Waals surface area contributed by atoms with Crippen LogP contribution >= 0.6 is 0 Å². The average molecular weight is 629 g/mol. The van der Waals surface area contributed by atoms with Gasteiger partial charge in [0.1, 0.15) is 12.2 Å². The molecule has 0 spiro atoms. The first-order valence-electron chi connectivity index (χ1n) is 15.6. The van der Waals surface area contributed by atoms with Crippen LogP contribution in [-0.4, -0.2) is 56.4 Å². The standard InChI is InChI=1S/C40H52O6/c1-25(17-13-19-27(3)21-23-31-29(5)33(41)35(43)37(45)39(31,7)8)15-11-12-16-26(2)18-14-20-28(4)22-24-32-30(6)34(42)36(44)38(46)40(32,9)10/h11-24,35-38,43-46H,1-10H3/b12-11+,17-13+,18-14+,23-21+,24-22+,25-15+,26-16+,27-19+,28-20+/t35-,36-,37+,38+/m1/s1. The highest BCUT2D eigenvalue weighted by Gasteiger charge is 2.46. The second-order valence-electron chi connectivity index (χ2n) is 13.4. The van der Waals surface area contributed by atoms with Gasteiger partial charge in [-0.3, -0.25) is 9.59 Å². The summed E-state index contributed by atoms with van der Waals surface area (Å²) in [5, 5.41) is 40.9. The van der Waals surface area contributed by atoms with Crippen LogP contribution in [0, 0.1) is 10.8 Å². The molecule has 0 saturated carbocycles. The van der Waals surface area contributed by atoms with E-state index in [0.717, 1.165) is 33.4 Å². The lowest BCUT2D eigenvalue weighted by Crippen LogP contribution is -2.49. The second kappa shape index (κ2) is 16.2. The number of Topliss-reactive ketones (excluding diaryl/α,β-unsaturated/α-hetero) is 2. The molecule has 0 heterocycles. The minimum Gasteiger partial charge on any atom is -0.389 e. The maximum Gasteiger partial charge on any atom is 0.189 e. The van der Waals surface area contributed by atoms with Crippen LogP contribution in [0.25, 0.3) is 0 Å². The lowest BCUT2D eigenvalue weighted by molar-refractivity contribution is -0.136. The number of carbonyl (C=O) groups is 2. The van der Waals surface area contributed by atoms with Crippen molar-refractivity contribution in [3.8, 4) is 0 Å². The van der Waals surface area contributed by atoms with Gasteiger partial charge in [-0.25, -0.2) is 0 Å². The number of rotatable bonds is 10. The second-order valence-corrected chi connectivity index (χ2v) is 13.4. The van der Waals surface area contributed by atoms with E-state index in [9.17, 15) is 30.0 Å². The summed E-state index contributed by atoms with van der Waals surface area (Å²) in [6.45, 7) is 18.6. The molecule has 248 valence electrons. The zero-order valence-corrected chi connectivity index (χ0v) is 29.0. The van der Waals surface area contributed by atoms with Gasteiger partial charge in [0.05, 0.1) is 12.2 Å². The summed E-state index contributed by atoms with van der Waals surface area (Å²) >= 11 is 0. The zero-order chi connectivity index (χ0) is 35.0. The number of aliphatic hydroxyl groups is 4. The van der Waals surface area contributed by atoms with Crippen molar-refractivity contribution < 1.29 is 30.0 Å². The Bertz CT molecular complexity index is 1410. The van der Waals surface area contributed by atoms with Gasteiger partial charge in [0, 0.05) is 10.8 Å². The third-order valence-electron chi connectivity index (χ3n) is 8.84. The van der Waals surface area contributed by atoms with Gasteiger partial charge in [-0.2, -0.15) is 0 Å². The Morgan fingerprint density at radius 1 is 0.522 bits per heavy atom. The lowest BCUT2D eigenvalue weighted by atomic mass is 9.69. The molecule has 46 heavy (non-hydrogen) atoms. The summed E-state index contributed by atoms with van der Waals surface area (Å²) in [5.74, 6) is -0.868. The highest BCUT2D eigenvalue weighted by atomic mass is 16.3. The minimum atomic E-state index is -1.39. The van der Waals surface area contributed by atoms with Crippen LogP contribution < -0.4 is 0 Å². The molecule has 0 aromatic rings. The first kappa shape index (κ1) is 38.5. The van der Waals surface area contributed by atoms with Crippen LogP contribution in [0.4, 0.5) is 0 Å². The minimum absolute atomic E-state index is 0.434. The zero-order valence-electron chi connectivity index (χ0n) is 29.0. The Hall–Kier alpha value is -3.68. The molecule has 2 rings (SSSR count). The molecule has 0 aliphatic heterocycles. The highest BCUT2D eigenvalue weighted by molar-refractivity contribution is 6.01. The maximum atomic E-state index is 12.3. The fourth-order valence-electron chi connectivity index (χ4n) is 5.52. The fraction of sp³-hybridized carbons (Fsp3) is 0.400. The van der Waals surface area contributed by atoms with Gasteiger partial charge in [-0.15, -0.1) is 0 Å². The third kappa shape index (κ3) is 9.43. The van der Waals surface area contributed by atoms with Crippen LogP contribution in [0.2, 0.25) is 0 Å². The van der Waals surface area contributed by atoms with Gasteiger partial charge in [0.15, 0.2) is 11.6 Å². The van der Waals surface area contributed by atoms with Crippen LogP contribution in [0.15, 0.2) is 130 Å². The van der Waals surface area contributed by atoms with Crippen LogP contribution in [0.3, 0.4) is 0 Å². The molecule has 4 N–H and O–H groups in total. The Kier molecular flexibility index (Phi) is 13.6. The average Bonchev–Trinajstić information content (AvgIpc) is 2.99. The predicted molar refractivity (Wildman–Crippen MR) is 188 cm³/mol. The van der Waals surface area contributed by atoms with E-state index in [2.05, 4.69) is 0 Å². The SMILES string of the molecule is CC1=C(/C=C/C(C)=C/C=C/C(C)=C/C=C/C=C(C)/C=C/C=C(C)/C=C/C2=C(C)C(=O)[C@@H](O)[C@H](O)C2(C)C)C(C)(C)[C@@H](O)[C@H](O)C1=O. The van der Waals surface area contributed by atoms with E-state index in [1.54, 1.807) is 13.8 Å². The molecule has 0 bridgehead atoms. The van der Waals surface area contributed by atoms with Crippen molar-refractivity contribution in [2.45, 2.75) is 93.7 Å². The van der Waals surface area contributed by atoms with Crippen LogP contribution in [-0.2, 0) is 9.59 Å². The molecule has 0 unspecified atom stereocenters. The van der Waals surface area contributed by atoms with Gasteiger partial charge >= 0.3 is 0 Å². The summed E-state index contributed by atoms with van der Waals surface area (Å²) in [4.78, 5) is 24.6. The van der Waals surface area contributed by atoms with E-state index in [1.165, 1.54) is 0 Å². The van der Waals surface area contributed by atoms with Crippen molar-refractivity contribution in [3.05, 3.63) is 130 Å². The molecule has 6 heteroatoms. The lowest BCUT2D eigenvalue weighted by Gasteiger charge is -2.39. The first-order valence-corrected chi connectivity index (χ1v) is 15.6. The molecule has 0 radical (unpaired) electrons. The van der Waals surface area contributed by atoms with Crippen molar-refractivity contribution in [2.75, 3.05) is 0 Å². The quantitative estimate of drug-likeness (QED) is 0.197. The molecule has 0 aromatic heterocycles. The molecule has 2 aliphatic carbocycles. The monoisotopic (exact) mass is 628 g/mol. The molecule has 0 saturated heterocycles. The normalized spacial score (nSPS) is 27.3. The topological polar surface area (TPSA) is 115 Å². The van der Waals surface area contributed by atoms with Crippen LogP contribution in [0.5, 0.6) is 0 Å².